The zero-order chi connectivity index (χ0) is 16.6. The van der Waals surface area contributed by atoms with Gasteiger partial charge in [0.2, 0.25) is 0 Å². The first-order valence-corrected chi connectivity index (χ1v) is 8.63. The van der Waals surface area contributed by atoms with E-state index in [0.717, 1.165) is 19.6 Å². The number of hydrogen-bond donors (Lipinski definition) is 2. The molecule has 0 bridgehead atoms. The summed E-state index contributed by atoms with van der Waals surface area (Å²) >= 11 is 0. The quantitative estimate of drug-likeness (QED) is 0.840. The van der Waals surface area contributed by atoms with Crippen LogP contribution in [0.3, 0.4) is 0 Å². The third-order valence-electron chi connectivity index (χ3n) is 4.32. The number of likely N-dealkylation sites (tertiary alicyclic amines) is 1. The number of aromatic nitrogens is 4. The number of hydrogen-bond acceptors (Lipinski definition) is 5. The van der Waals surface area contributed by atoms with E-state index in [1.54, 1.807) is 0 Å². The van der Waals surface area contributed by atoms with Crippen LogP contribution < -0.4 is 5.32 Å². The second-order valence-electron chi connectivity index (χ2n) is 6.22. The minimum atomic E-state index is -0.0591. The smallest absolute Gasteiger partial charge is 0.251 e. The minimum Gasteiger partial charge on any atom is -0.352 e. The Labute approximate surface area is 141 Å². The van der Waals surface area contributed by atoms with Crippen molar-refractivity contribution in [1.29, 1.82) is 0 Å². The van der Waals surface area contributed by atoms with Crippen molar-refractivity contribution in [3.63, 3.8) is 0 Å². The summed E-state index contributed by atoms with van der Waals surface area (Å²) in [5.74, 6) is 0.543. The van der Waals surface area contributed by atoms with E-state index in [2.05, 4.69) is 36.9 Å². The molecule has 2 aromatic rings. The number of H-pyrrole nitrogens is 1. The first kappa shape index (κ1) is 16.6. The predicted octanol–water partition coefficient (Wildman–Crippen LogP) is 1.55. The lowest BCUT2D eigenvalue weighted by atomic mass is 10.1. The lowest BCUT2D eigenvalue weighted by Crippen LogP contribution is -2.27. The van der Waals surface area contributed by atoms with Crippen molar-refractivity contribution < 1.29 is 4.79 Å². The highest BCUT2D eigenvalue weighted by Gasteiger charge is 2.11. The summed E-state index contributed by atoms with van der Waals surface area (Å²) < 4.78 is 0. The van der Waals surface area contributed by atoms with Gasteiger partial charge in [-0.2, -0.15) is 5.21 Å². The summed E-state index contributed by atoms with van der Waals surface area (Å²) in [4.78, 5) is 14.8. The van der Waals surface area contributed by atoms with Crippen LogP contribution in [-0.4, -0.2) is 51.1 Å². The van der Waals surface area contributed by atoms with Crippen molar-refractivity contribution >= 4 is 5.91 Å². The van der Waals surface area contributed by atoms with Crippen LogP contribution in [0.2, 0.25) is 0 Å². The van der Waals surface area contributed by atoms with E-state index in [0.29, 0.717) is 24.4 Å². The molecule has 3 rings (SSSR count). The molecule has 2 N–H and O–H groups in total. The zero-order valence-electron chi connectivity index (χ0n) is 13.9. The number of amides is 1. The third kappa shape index (κ3) is 4.86. The van der Waals surface area contributed by atoms with E-state index in [1.807, 2.05) is 18.2 Å². The molecule has 0 saturated carbocycles. The Morgan fingerprint density at radius 2 is 2.04 bits per heavy atom. The summed E-state index contributed by atoms with van der Waals surface area (Å²) in [6, 6.07) is 7.91. The monoisotopic (exact) mass is 328 g/mol. The van der Waals surface area contributed by atoms with Crippen LogP contribution in [0, 0.1) is 0 Å². The van der Waals surface area contributed by atoms with E-state index in [4.69, 9.17) is 0 Å². The van der Waals surface area contributed by atoms with Gasteiger partial charge in [0.1, 0.15) is 0 Å². The Bertz CT molecular complexity index is 634. The van der Waals surface area contributed by atoms with Gasteiger partial charge in [0.05, 0.1) is 0 Å². The summed E-state index contributed by atoms with van der Waals surface area (Å²) in [6.45, 7) is 3.72. The Morgan fingerprint density at radius 3 is 2.79 bits per heavy atom. The van der Waals surface area contributed by atoms with Gasteiger partial charge in [-0.25, -0.2) is 0 Å². The zero-order valence-corrected chi connectivity index (χ0v) is 13.9. The molecule has 24 heavy (non-hydrogen) atoms. The fourth-order valence-corrected chi connectivity index (χ4v) is 3.04. The number of aromatic amines is 1. The van der Waals surface area contributed by atoms with Crippen LogP contribution in [0.25, 0.3) is 0 Å². The fraction of sp³-hybridized carbons (Fsp3) is 0.529. The molecule has 1 fully saturated rings. The molecule has 1 aliphatic rings. The maximum atomic E-state index is 12.3. The van der Waals surface area contributed by atoms with Gasteiger partial charge >= 0.3 is 0 Å². The Morgan fingerprint density at radius 1 is 1.21 bits per heavy atom. The number of rotatable bonds is 6. The molecule has 7 heteroatoms. The second-order valence-corrected chi connectivity index (χ2v) is 6.22. The topological polar surface area (TPSA) is 86.8 Å². The molecule has 0 radical (unpaired) electrons. The molecule has 2 heterocycles. The average Bonchev–Trinajstić information content (AvgIpc) is 2.98. The number of nitrogens with one attached hydrogen (secondary N) is 2. The van der Waals surface area contributed by atoms with Crippen LogP contribution in [0.4, 0.5) is 0 Å². The predicted molar refractivity (Wildman–Crippen MR) is 90.4 cm³/mol. The van der Waals surface area contributed by atoms with E-state index in [9.17, 15) is 4.79 Å². The highest BCUT2D eigenvalue weighted by molar-refractivity contribution is 5.94. The van der Waals surface area contributed by atoms with Crippen molar-refractivity contribution in [2.75, 3.05) is 19.6 Å². The van der Waals surface area contributed by atoms with Gasteiger partial charge in [0, 0.05) is 25.1 Å². The average molecular weight is 328 g/mol. The first-order chi connectivity index (χ1) is 11.8. The van der Waals surface area contributed by atoms with E-state index in [-0.39, 0.29) is 5.91 Å². The molecule has 1 aromatic carbocycles. The van der Waals surface area contributed by atoms with E-state index >= 15 is 0 Å². The summed E-state index contributed by atoms with van der Waals surface area (Å²) in [7, 11) is 0. The summed E-state index contributed by atoms with van der Waals surface area (Å²) in [5.41, 5.74) is 1.90. The summed E-state index contributed by atoms with van der Waals surface area (Å²) in [6.07, 6.45) is 5.78. The highest BCUT2D eigenvalue weighted by Crippen LogP contribution is 2.14. The Balaban J connectivity index is 1.52. The molecule has 0 aliphatic carbocycles. The number of tetrazole rings is 1. The molecule has 1 aromatic heterocycles. The van der Waals surface area contributed by atoms with Gasteiger partial charge in [-0.05, 0) is 43.6 Å². The molecule has 0 spiro atoms. The maximum Gasteiger partial charge on any atom is 0.251 e. The molecule has 1 saturated heterocycles. The van der Waals surface area contributed by atoms with Gasteiger partial charge in [-0.3, -0.25) is 9.69 Å². The molecule has 1 amide bonds. The molecular formula is C17H24N6O. The molecule has 7 nitrogen and oxygen atoms in total. The minimum absolute atomic E-state index is 0.0591. The molecular weight excluding hydrogens is 304 g/mol. The molecule has 0 unspecified atom stereocenters. The molecule has 0 atom stereocenters. The van der Waals surface area contributed by atoms with E-state index < -0.39 is 0 Å². The van der Waals surface area contributed by atoms with E-state index in [1.165, 1.54) is 31.2 Å². The van der Waals surface area contributed by atoms with Crippen molar-refractivity contribution in [2.24, 2.45) is 0 Å². The van der Waals surface area contributed by atoms with Gasteiger partial charge in [-0.1, -0.05) is 30.2 Å². The van der Waals surface area contributed by atoms with Crippen molar-refractivity contribution in [1.82, 2.24) is 30.8 Å². The standard InChI is InChI=1S/C17H24N6O/c24-17(18-9-8-16-19-21-22-20-16)15-7-5-6-14(12-15)13-23-10-3-1-2-4-11-23/h5-7,12H,1-4,8-11,13H2,(H,18,24)(H,19,20,21,22). The number of carbonyl (C=O) groups excluding carboxylic acids is 1. The largest absolute Gasteiger partial charge is 0.352 e. The number of carbonyl (C=O) groups is 1. The molecule has 128 valence electrons. The lowest BCUT2D eigenvalue weighted by Gasteiger charge is -2.20. The first-order valence-electron chi connectivity index (χ1n) is 8.63. The van der Waals surface area contributed by atoms with Crippen LogP contribution in [0.15, 0.2) is 24.3 Å². The van der Waals surface area contributed by atoms with Crippen molar-refractivity contribution in [2.45, 2.75) is 38.6 Å². The Kier molecular flexibility index (Phi) is 5.90. The molecule has 1 aliphatic heterocycles. The number of benzene rings is 1. The van der Waals surface area contributed by atoms with Crippen molar-refractivity contribution in [3.8, 4) is 0 Å². The Hall–Kier alpha value is -2.28. The van der Waals surface area contributed by atoms with Gasteiger partial charge in [0.25, 0.3) is 5.91 Å². The fourth-order valence-electron chi connectivity index (χ4n) is 3.04. The maximum absolute atomic E-state index is 12.3. The SMILES string of the molecule is O=C(NCCc1nn[nH]n1)c1cccc(CN2CCCCCC2)c1. The van der Waals surface area contributed by atoms with Crippen LogP contribution in [-0.2, 0) is 13.0 Å². The van der Waals surface area contributed by atoms with Crippen LogP contribution in [0.5, 0.6) is 0 Å². The highest BCUT2D eigenvalue weighted by atomic mass is 16.1. The summed E-state index contributed by atoms with van der Waals surface area (Å²) in [5, 5.41) is 16.5. The van der Waals surface area contributed by atoms with Gasteiger partial charge in [-0.15, -0.1) is 10.2 Å². The normalized spacial score (nSPS) is 15.8. The number of nitrogens with zero attached hydrogens (tertiary/aromatic N) is 4. The van der Waals surface area contributed by atoms with Crippen molar-refractivity contribution in [3.05, 3.63) is 41.2 Å². The van der Waals surface area contributed by atoms with Gasteiger partial charge in [0.15, 0.2) is 5.82 Å². The second kappa shape index (κ2) is 8.54. The van der Waals surface area contributed by atoms with Crippen LogP contribution >= 0.6 is 0 Å². The lowest BCUT2D eigenvalue weighted by molar-refractivity contribution is 0.0954. The third-order valence-corrected chi connectivity index (χ3v) is 4.32. The van der Waals surface area contributed by atoms with Gasteiger partial charge < -0.3 is 5.32 Å². The van der Waals surface area contributed by atoms with Crippen LogP contribution in [0.1, 0.15) is 47.4 Å².